The normalized spacial score (nSPS) is 14.2. The number of amides is 1. The minimum absolute atomic E-state index is 0.212. The zero-order chi connectivity index (χ0) is 14.6. The number of aliphatic hydroxyl groups is 1. The Morgan fingerprint density at radius 1 is 1.47 bits per heavy atom. The Hall–Kier alpha value is -1.55. The zero-order valence-corrected chi connectivity index (χ0v) is 12.2. The Bertz CT molecular complexity index is 453. The van der Waals surface area contributed by atoms with Crippen molar-refractivity contribution < 1.29 is 9.90 Å². The number of hydrogen-bond donors (Lipinski definition) is 3. The van der Waals surface area contributed by atoms with Gasteiger partial charge in [-0.25, -0.2) is 0 Å². The minimum Gasteiger partial charge on any atom is -0.398 e. The summed E-state index contributed by atoms with van der Waals surface area (Å²) in [6, 6.07) is 5.20. The van der Waals surface area contributed by atoms with Crippen molar-refractivity contribution in [1.29, 1.82) is 0 Å². The highest BCUT2D eigenvalue weighted by Gasteiger charge is 2.22. The number of hydrogen-bond acceptors (Lipinski definition) is 3. The molecule has 106 valence electrons. The van der Waals surface area contributed by atoms with Gasteiger partial charge in [0.15, 0.2) is 0 Å². The molecule has 4 nitrogen and oxygen atoms in total. The third-order valence-corrected chi connectivity index (χ3v) is 3.02. The van der Waals surface area contributed by atoms with Crippen molar-refractivity contribution in [3.05, 3.63) is 29.3 Å². The molecule has 0 bridgehead atoms. The van der Waals surface area contributed by atoms with Crippen molar-refractivity contribution >= 4 is 11.6 Å². The van der Waals surface area contributed by atoms with Gasteiger partial charge in [0.05, 0.1) is 5.60 Å². The zero-order valence-electron chi connectivity index (χ0n) is 12.2. The smallest absolute Gasteiger partial charge is 0.251 e. The molecule has 1 aromatic carbocycles. The maximum Gasteiger partial charge on any atom is 0.251 e. The lowest BCUT2D eigenvalue weighted by atomic mass is 9.94. The fraction of sp³-hybridized carbons (Fsp3) is 0.533. The maximum absolute atomic E-state index is 12.0. The summed E-state index contributed by atoms with van der Waals surface area (Å²) in [6.07, 6.45) is 0.642. The first-order chi connectivity index (χ1) is 8.71. The first kappa shape index (κ1) is 15.5. The largest absolute Gasteiger partial charge is 0.398 e. The summed E-state index contributed by atoms with van der Waals surface area (Å²) in [5.74, 6) is 0.164. The van der Waals surface area contributed by atoms with Crippen LogP contribution >= 0.6 is 0 Å². The van der Waals surface area contributed by atoms with Crippen LogP contribution in [0.3, 0.4) is 0 Å². The third-order valence-electron chi connectivity index (χ3n) is 3.02. The molecule has 1 unspecified atom stereocenters. The molecule has 0 spiro atoms. The van der Waals surface area contributed by atoms with Crippen molar-refractivity contribution in [2.45, 2.75) is 39.7 Å². The molecule has 1 amide bonds. The van der Waals surface area contributed by atoms with Crippen LogP contribution in [0.25, 0.3) is 0 Å². The van der Waals surface area contributed by atoms with E-state index in [0.717, 1.165) is 5.56 Å². The molecule has 0 saturated carbocycles. The first-order valence-electron chi connectivity index (χ1n) is 6.58. The van der Waals surface area contributed by atoms with Gasteiger partial charge in [0, 0.05) is 17.8 Å². The minimum atomic E-state index is -0.889. The van der Waals surface area contributed by atoms with Gasteiger partial charge in [-0.1, -0.05) is 19.9 Å². The van der Waals surface area contributed by atoms with E-state index >= 15 is 0 Å². The molecular formula is C15H24N2O2. The molecule has 1 atom stereocenters. The van der Waals surface area contributed by atoms with Crippen molar-refractivity contribution in [2.75, 3.05) is 12.3 Å². The second-order valence-electron chi connectivity index (χ2n) is 5.85. The predicted molar refractivity (Wildman–Crippen MR) is 78.0 cm³/mol. The van der Waals surface area contributed by atoms with E-state index in [9.17, 15) is 9.90 Å². The summed E-state index contributed by atoms with van der Waals surface area (Å²) < 4.78 is 0. The van der Waals surface area contributed by atoms with E-state index in [1.165, 1.54) is 0 Å². The lowest BCUT2D eigenvalue weighted by Crippen LogP contribution is -2.41. The molecule has 1 aromatic rings. The highest BCUT2D eigenvalue weighted by Crippen LogP contribution is 2.16. The highest BCUT2D eigenvalue weighted by atomic mass is 16.3. The van der Waals surface area contributed by atoms with Crippen LogP contribution in [0.5, 0.6) is 0 Å². The number of carbonyl (C=O) groups is 1. The van der Waals surface area contributed by atoms with Gasteiger partial charge in [-0.05, 0) is 43.9 Å². The van der Waals surface area contributed by atoms with E-state index in [2.05, 4.69) is 5.32 Å². The lowest BCUT2D eigenvalue weighted by Gasteiger charge is -2.25. The molecule has 19 heavy (non-hydrogen) atoms. The molecular weight excluding hydrogens is 240 g/mol. The van der Waals surface area contributed by atoms with Crippen molar-refractivity contribution in [3.8, 4) is 0 Å². The van der Waals surface area contributed by atoms with Gasteiger partial charge >= 0.3 is 0 Å². The molecule has 4 N–H and O–H groups in total. The van der Waals surface area contributed by atoms with Gasteiger partial charge < -0.3 is 16.2 Å². The van der Waals surface area contributed by atoms with E-state index in [4.69, 9.17) is 5.73 Å². The number of nitrogens with two attached hydrogens (primary N) is 1. The Balaban J connectivity index is 2.62. The first-order valence-corrected chi connectivity index (χ1v) is 6.58. The molecule has 0 aliphatic heterocycles. The van der Waals surface area contributed by atoms with Crippen LogP contribution in [0.2, 0.25) is 0 Å². The molecule has 0 saturated heterocycles. The van der Waals surface area contributed by atoms with Gasteiger partial charge in [-0.15, -0.1) is 0 Å². The summed E-state index contributed by atoms with van der Waals surface area (Å²) in [7, 11) is 0. The van der Waals surface area contributed by atoms with E-state index in [1.54, 1.807) is 19.1 Å². The maximum atomic E-state index is 12.0. The van der Waals surface area contributed by atoms with Crippen molar-refractivity contribution in [2.24, 2.45) is 5.92 Å². The summed E-state index contributed by atoms with van der Waals surface area (Å²) in [5.41, 5.74) is 6.95. The molecule has 0 fully saturated rings. The van der Waals surface area contributed by atoms with Gasteiger partial charge in [-0.3, -0.25) is 4.79 Å². The number of nitrogens with one attached hydrogen (secondary N) is 1. The van der Waals surface area contributed by atoms with Gasteiger partial charge in [0.2, 0.25) is 0 Å². The SMILES string of the molecule is Cc1ccc(C(=O)NCC(C)(O)CC(C)C)cc1N. The second kappa shape index (κ2) is 6.06. The van der Waals surface area contributed by atoms with Crippen LogP contribution in [-0.2, 0) is 0 Å². The van der Waals surface area contributed by atoms with E-state index in [0.29, 0.717) is 23.6 Å². The number of aryl methyl sites for hydroxylation is 1. The quantitative estimate of drug-likeness (QED) is 0.713. The molecule has 1 rings (SSSR count). The molecule has 0 aliphatic rings. The molecule has 0 heterocycles. The summed E-state index contributed by atoms with van der Waals surface area (Å²) in [4.78, 5) is 12.0. The fourth-order valence-electron chi connectivity index (χ4n) is 2.11. The Kier molecular flexibility index (Phi) is 4.95. The van der Waals surface area contributed by atoms with Crippen LogP contribution in [0.15, 0.2) is 18.2 Å². The molecule has 4 heteroatoms. The standard InChI is InChI=1S/C15H24N2O2/c1-10(2)8-15(4,19)9-17-14(18)12-6-5-11(3)13(16)7-12/h5-7,10,19H,8-9,16H2,1-4H3,(H,17,18). The van der Waals surface area contributed by atoms with Gasteiger partial charge in [0.1, 0.15) is 0 Å². The molecule has 0 aliphatic carbocycles. The topological polar surface area (TPSA) is 75.3 Å². The monoisotopic (exact) mass is 264 g/mol. The van der Waals surface area contributed by atoms with Crippen LogP contribution in [0, 0.1) is 12.8 Å². The summed E-state index contributed by atoms with van der Waals surface area (Å²) >= 11 is 0. The van der Waals surface area contributed by atoms with Gasteiger partial charge in [-0.2, -0.15) is 0 Å². The Labute approximate surface area is 115 Å². The van der Waals surface area contributed by atoms with Crippen molar-refractivity contribution in [1.82, 2.24) is 5.32 Å². The number of rotatable bonds is 5. The van der Waals surface area contributed by atoms with Crippen LogP contribution in [-0.4, -0.2) is 23.2 Å². The van der Waals surface area contributed by atoms with Crippen LogP contribution in [0.1, 0.15) is 43.1 Å². The number of anilines is 1. The van der Waals surface area contributed by atoms with E-state index in [-0.39, 0.29) is 12.5 Å². The lowest BCUT2D eigenvalue weighted by molar-refractivity contribution is 0.0368. The highest BCUT2D eigenvalue weighted by molar-refractivity contribution is 5.95. The van der Waals surface area contributed by atoms with Crippen molar-refractivity contribution in [3.63, 3.8) is 0 Å². The fourth-order valence-corrected chi connectivity index (χ4v) is 2.11. The Morgan fingerprint density at radius 3 is 2.63 bits per heavy atom. The van der Waals surface area contributed by atoms with Crippen LogP contribution < -0.4 is 11.1 Å². The van der Waals surface area contributed by atoms with E-state index in [1.807, 2.05) is 26.8 Å². The molecule has 0 radical (unpaired) electrons. The number of benzene rings is 1. The number of nitrogen functional groups attached to an aromatic ring is 1. The molecule has 0 aromatic heterocycles. The third kappa shape index (κ3) is 4.91. The second-order valence-corrected chi connectivity index (χ2v) is 5.85. The summed E-state index contributed by atoms with van der Waals surface area (Å²) in [6.45, 7) is 7.94. The van der Waals surface area contributed by atoms with Gasteiger partial charge in [0.25, 0.3) is 5.91 Å². The average molecular weight is 264 g/mol. The average Bonchev–Trinajstić information content (AvgIpc) is 2.28. The summed E-state index contributed by atoms with van der Waals surface area (Å²) in [5, 5.41) is 12.9. The predicted octanol–water partition coefficient (Wildman–Crippen LogP) is 2.10. The van der Waals surface area contributed by atoms with Crippen LogP contribution in [0.4, 0.5) is 5.69 Å². The number of carbonyl (C=O) groups excluding carboxylic acids is 1. The van der Waals surface area contributed by atoms with E-state index < -0.39 is 5.60 Å². The Morgan fingerprint density at radius 2 is 2.11 bits per heavy atom.